The number of carbonyl (C=O) groups excluding carboxylic acids is 2. The van der Waals surface area contributed by atoms with Crippen molar-refractivity contribution < 1.29 is 18.7 Å². The van der Waals surface area contributed by atoms with Crippen LogP contribution >= 0.6 is 23.2 Å². The molecule has 3 aromatic rings. The summed E-state index contributed by atoms with van der Waals surface area (Å²) in [7, 11) is 0. The standard InChI is InChI=1S/C23H18Cl2FNO3/c1-2-30-23(29)15-7-10-20(11-8-15)27(14-17-6-9-18(24)13-21(17)25)22(28)16-4-3-5-19(26)12-16/h3-13H,2,14H2,1H3. The lowest BCUT2D eigenvalue weighted by Gasteiger charge is -2.24. The van der Waals surface area contributed by atoms with Gasteiger partial charge in [0.25, 0.3) is 5.91 Å². The van der Waals surface area contributed by atoms with Crippen LogP contribution in [-0.2, 0) is 11.3 Å². The van der Waals surface area contributed by atoms with Crippen molar-refractivity contribution >= 4 is 40.8 Å². The summed E-state index contributed by atoms with van der Waals surface area (Å²) in [5, 5.41) is 0.883. The number of carbonyl (C=O) groups is 2. The molecule has 0 aliphatic rings. The molecular weight excluding hydrogens is 428 g/mol. The monoisotopic (exact) mass is 445 g/mol. The van der Waals surface area contributed by atoms with Crippen LogP contribution in [0.25, 0.3) is 0 Å². The zero-order chi connectivity index (χ0) is 21.7. The topological polar surface area (TPSA) is 46.6 Å². The molecule has 0 bridgehead atoms. The second kappa shape index (κ2) is 9.74. The number of amides is 1. The van der Waals surface area contributed by atoms with Gasteiger partial charge in [0.2, 0.25) is 0 Å². The van der Waals surface area contributed by atoms with Crippen LogP contribution in [0.1, 0.15) is 33.2 Å². The van der Waals surface area contributed by atoms with Crippen molar-refractivity contribution in [1.82, 2.24) is 0 Å². The van der Waals surface area contributed by atoms with Gasteiger partial charge in [0.15, 0.2) is 0 Å². The third kappa shape index (κ3) is 5.17. The van der Waals surface area contributed by atoms with Crippen LogP contribution in [0.2, 0.25) is 10.0 Å². The molecule has 0 saturated heterocycles. The quantitative estimate of drug-likeness (QED) is 0.427. The van der Waals surface area contributed by atoms with Crippen LogP contribution in [-0.4, -0.2) is 18.5 Å². The molecule has 3 aromatic carbocycles. The van der Waals surface area contributed by atoms with E-state index in [9.17, 15) is 14.0 Å². The first-order valence-electron chi connectivity index (χ1n) is 9.17. The largest absolute Gasteiger partial charge is 0.462 e. The third-order valence-electron chi connectivity index (χ3n) is 4.35. The van der Waals surface area contributed by atoms with Gasteiger partial charge in [0.1, 0.15) is 5.82 Å². The Labute approximate surface area is 183 Å². The van der Waals surface area contributed by atoms with E-state index in [4.69, 9.17) is 27.9 Å². The summed E-state index contributed by atoms with van der Waals surface area (Å²) in [5.41, 5.74) is 1.74. The molecule has 1 amide bonds. The number of rotatable bonds is 6. The maximum absolute atomic E-state index is 13.7. The molecular formula is C23H18Cl2FNO3. The van der Waals surface area contributed by atoms with Crippen molar-refractivity contribution in [3.63, 3.8) is 0 Å². The van der Waals surface area contributed by atoms with Crippen molar-refractivity contribution in [2.75, 3.05) is 11.5 Å². The predicted octanol–water partition coefficient (Wildman–Crippen LogP) is 6.16. The van der Waals surface area contributed by atoms with Gasteiger partial charge in [0, 0.05) is 21.3 Å². The highest BCUT2D eigenvalue weighted by Crippen LogP contribution is 2.26. The molecule has 0 aliphatic carbocycles. The molecule has 0 saturated carbocycles. The fourth-order valence-corrected chi connectivity index (χ4v) is 3.34. The molecule has 154 valence electrons. The average molecular weight is 446 g/mol. The molecule has 7 heteroatoms. The van der Waals surface area contributed by atoms with Crippen LogP contribution in [0.3, 0.4) is 0 Å². The Morgan fingerprint density at radius 2 is 1.70 bits per heavy atom. The summed E-state index contributed by atoms with van der Waals surface area (Å²) >= 11 is 12.3. The first-order valence-corrected chi connectivity index (χ1v) is 9.93. The number of hydrogen-bond acceptors (Lipinski definition) is 3. The molecule has 0 spiro atoms. The van der Waals surface area contributed by atoms with Crippen LogP contribution in [0.15, 0.2) is 66.7 Å². The number of halogens is 3. The van der Waals surface area contributed by atoms with Gasteiger partial charge < -0.3 is 9.64 Å². The highest BCUT2D eigenvalue weighted by molar-refractivity contribution is 6.35. The molecule has 0 unspecified atom stereocenters. The van der Waals surface area contributed by atoms with Gasteiger partial charge in [-0.2, -0.15) is 0 Å². The number of anilines is 1. The molecule has 0 radical (unpaired) electrons. The summed E-state index contributed by atoms with van der Waals surface area (Å²) in [6.07, 6.45) is 0. The Kier molecular flexibility index (Phi) is 7.08. The van der Waals surface area contributed by atoms with Gasteiger partial charge in [-0.25, -0.2) is 9.18 Å². The van der Waals surface area contributed by atoms with E-state index in [1.165, 1.54) is 29.2 Å². The van der Waals surface area contributed by atoms with Crippen LogP contribution in [0.5, 0.6) is 0 Å². The van der Waals surface area contributed by atoms with E-state index in [0.717, 1.165) is 0 Å². The lowest BCUT2D eigenvalue weighted by molar-refractivity contribution is 0.0526. The number of ether oxygens (including phenoxy) is 1. The summed E-state index contributed by atoms with van der Waals surface area (Å²) < 4.78 is 18.7. The zero-order valence-electron chi connectivity index (χ0n) is 16.1. The Morgan fingerprint density at radius 1 is 0.967 bits per heavy atom. The highest BCUT2D eigenvalue weighted by Gasteiger charge is 2.20. The second-order valence-electron chi connectivity index (χ2n) is 6.40. The minimum absolute atomic E-state index is 0.129. The van der Waals surface area contributed by atoms with Crippen molar-refractivity contribution in [3.05, 3.63) is 99.3 Å². The summed E-state index contributed by atoms with van der Waals surface area (Å²) in [5.74, 6) is -1.37. The summed E-state index contributed by atoms with van der Waals surface area (Å²) in [6, 6.07) is 16.9. The van der Waals surface area contributed by atoms with Gasteiger partial charge in [-0.05, 0) is 67.1 Å². The second-order valence-corrected chi connectivity index (χ2v) is 7.25. The van der Waals surface area contributed by atoms with E-state index in [0.29, 0.717) is 26.9 Å². The predicted molar refractivity (Wildman–Crippen MR) is 116 cm³/mol. The van der Waals surface area contributed by atoms with E-state index in [-0.39, 0.29) is 18.7 Å². The van der Waals surface area contributed by atoms with E-state index < -0.39 is 17.7 Å². The van der Waals surface area contributed by atoms with Crippen LogP contribution < -0.4 is 4.90 Å². The van der Waals surface area contributed by atoms with Gasteiger partial charge in [-0.1, -0.05) is 35.3 Å². The van der Waals surface area contributed by atoms with Crippen molar-refractivity contribution in [2.24, 2.45) is 0 Å². The molecule has 3 rings (SSSR count). The number of benzene rings is 3. The lowest BCUT2D eigenvalue weighted by Crippen LogP contribution is -2.30. The number of nitrogens with zero attached hydrogens (tertiary/aromatic N) is 1. The maximum atomic E-state index is 13.7. The van der Waals surface area contributed by atoms with Crippen LogP contribution in [0.4, 0.5) is 10.1 Å². The molecule has 0 aliphatic heterocycles. The molecule has 0 heterocycles. The Hall–Kier alpha value is -2.89. The average Bonchev–Trinajstić information content (AvgIpc) is 2.73. The van der Waals surface area contributed by atoms with Crippen molar-refractivity contribution in [3.8, 4) is 0 Å². The Balaban J connectivity index is 1.98. The van der Waals surface area contributed by atoms with E-state index >= 15 is 0 Å². The maximum Gasteiger partial charge on any atom is 0.338 e. The fraction of sp³-hybridized carbons (Fsp3) is 0.130. The molecule has 0 fully saturated rings. The Morgan fingerprint density at radius 3 is 2.33 bits per heavy atom. The van der Waals surface area contributed by atoms with Gasteiger partial charge in [-0.3, -0.25) is 4.79 Å². The first kappa shape index (κ1) is 21.8. The summed E-state index contributed by atoms with van der Waals surface area (Å²) in [6.45, 7) is 2.12. The number of hydrogen-bond donors (Lipinski definition) is 0. The van der Waals surface area contributed by atoms with Crippen molar-refractivity contribution in [2.45, 2.75) is 13.5 Å². The summed E-state index contributed by atoms with van der Waals surface area (Å²) in [4.78, 5) is 26.6. The molecule has 30 heavy (non-hydrogen) atoms. The third-order valence-corrected chi connectivity index (χ3v) is 4.94. The van der Waals surface area contributed by atoms with E-state index in [1.54, 1.807) is 49.4 Å². The van der Waals surface area contributed by atoms with E-state index in [2.05, 4.69) is 0 Å². The van der Waals surface area contributed by atoms with Gasteiger partial charge >= 0.3 is 5.97 Å². The van der Waals surface area contributed by atoms with Crippen molar-refractivity contribution in [1.29, 1.82) is 0 Å². The molecule has 0 aromatic heterocycles. The van der Waals surface area contributed by atoms with E-state index in [1.807, 2.05) is 0 Å². The number of esters is 1. The molecule has 0 atom stereocenters. The Bertz CT molecular complexity index is 1070. The molecule has 0 N–H and O–H groups in total. The SMILES string of the molecule is CCOC(=O)c1ccc(N(Cc2ccc(Cl)cc2Cl)C(=O)c2cccc(F)c2)cc1. The van der Waals surface area contributed by atoms with Crippen LogP contribution in [0, 0.1) is 5.82 Å². The highest BCUT2D eigenvalue weighted by atomic mass is 35.5. The first-order chi connectivity index (χ1) is 14.4. The fourth-order valence-electron chi connectivity index (χ4n) is 2.87. The lowest BCUT2D eigenvalue weighted by atomic mass is 10.1. The zero-order valence-corrected chi connectivity index (χ0v) is 17.6. The minimum atomic E-state index is -0.511. The normalized spacial score (nSPS) is 10.5. The molecule has 4 nitrogen and oxygen atoms in total. The smallest absolute Gasteiger partial charge is 0.338 e. The minimum Gasteiger partial charge on any atom is -0.462 e. The van der Waals surface area contributed by atoms with Gasteiger partial charge in [-0.15, -0.1) is 0 Å². The van der Waals surface area contributed by atoms with Gasteiger partial charge in [0.05, 0.1) is 18.7 Å².